The van der Waals surface area contributed by atoms with Gasteiger partial charge in [0.2, 0.25) is 0 Å². The van der Waals surface area contributed by atoms with Gasteiger partial charge in [-0.05, 0) is 11.5 Å². The zero-order chi connectivity index (χ0) is 9.52. The molecule has 0 radical (unpaired) electrons. The van der Waals surface area contributed by atoms with Crippen LogP contribution in [0.5, 0.6) is 0 Å². The number of hydrogen-bond acceptors (Lipinski definition) is 3. The van der Waals surface area contributed by atoms with E-state index in [2.05, 4.69) is 9.59 Å². The van der Waals surface area contributed by atoms with Gasteiger partial charge in [-0.2, -0.15) is 0 Å². The lowest BCUT2D eigenvalue weighted by molar-refractivity contribution is 1.16. The third kappa shape index (κ3) is 2.63. The van der Waals surface area contributed by atoms with Crippen molar-refractivity contribution >= 4 is 11.5 Å². The summed E-state index contributed by atoms with van der Waals surface area (Å²) in [7, 11) is 0. The van der Waals surface area contributed by atoms with E-state index >= 15 is 0 Å². The molecule has 0 aliphatic carbocycles. The topological polar surface area (TPSA) is 25.8 Å². The van der Waals surface area contributed by atoms with Crippen LogP contribution >= 0.6 is 11.5 Å². The Morgan fingerprint density at radius 2 is 1.77 bits per heavy atom. The Bertz CT molecular complexity index is 316. The average molecular weight is 192 g/mol. The van der Waals surface area contributed by atoms with Gasteiger partial charge in [-0.25, -0.2) is 0 Å². The normalized spacial score (nSPS) is 8.77. The molecule has 0 saturated heterocycles. The van der Waals surface area contributed by atoms with Crippen LogP contribution in [0.25, 0.3) is 11.3 Å². The van der Waals surface area contributed by atoms with Crippen LogP contribution in [-0.2, 0) is 0 Å². The molecular formula is C10H12N2S. The van der Waals surface area contributed by atoms with Gasteiger partial charge in [-0.1, -0.05) is 48.7 Å². The fraction of sp³-hybridized carbons (Fsp3) is 0.200. The molecule has 13 heavy (non-hydrogen) atoms. The van der Waals surface area contributed by atoms with Gasteiger partial charge >= 0.3 is 0 Å². The van der Waals surface area contributed by atoms with Crippen LogP contribution in [0.2, 0.25) is 0 Å². The van der Waals surface area contributed by atoms with Gasteiger partial charge in [-0.3, -0.25) is 0 Å². The summed E-state index contributed by atoms with van der Waals surface area (Å²) in [5.41, 5.74) is 2.08. The SMILES string of the molecule is CC.c1ccc(-c2csnn2)cc1. The van der Waals surface area contributed by atoms with E-state index in [4.69, 9.17) is 0 Å². The van der Waals surface area contributed by atoms with Crippen LogP contribution in [0.3, 0.4) is 0 Å². The van der Waals surface area contributed by atoms with Crippen molar-refractivity contribution in [1.29, 1.82) is 0 Å². The number of aromatic nitrogens is 2. The Morgan fingerprint density at radius 3 is 2.31 bits per heavy atom. The van der Waals surface area contributed by atoms with Gasteiger partial charge in [0.1, 0.15) is 5.69 Å². The minimum Gasteiger partial charge on any atom is -0.138 e. The molecule has 2 rings (SSSR count). The van der Waals surface area contributed by atoms with Crippen molar-refractivity contribution in [3.8, 4) is 11.3 Å². The van der Waals surface area contributed by atoms with Crippen molar-refractivity contribution in [2.45, 2.75) is 13.8 Å². The third-order valence-corrected chi connectivity index (χ3v) is 1.93. The molecule has 68 valence electrons. The second kappa shape index (κ2) is 5.43. The van der Waals surface area contributed by atoms with Gasteiger partial charge in [-0.15, -0.1) is 5.10 Å². The first-order valence-corrected chi connectivity index (χ1v) is 5.13. The summed E-state index contributed by atoms with van der Waals surface area (Å²) in [6.07, 6.45) is 0. The van der Waals surface area contributed by atoms with Crippen molar-refractivity contribution in [1.82, 2.24) is 9.59 Å². The minimum absolute atomic E-state index is 0.954. The van der Waals surface area contributed by atoms with E-state index < -0.39 is 0 Å². The van der Waals surface area contributed by atoms with Crippen molar-refractivity contribution < 1.29 is 0 Å². The van der Waals surface area contributed by atoms with Crippen LogP contribution in [0.1, 0.15) is 13.8 Å². The van der Waals surface area contributed by atoms with Crippen LogP contribution in [0.15, 0.2) is 35.7 Å². The highest BCUT2D eigenvalue weighted by molar-refractivity contribution is 7.03. The maximum atomic E-state index is 3.96. The minimum atomic E-state index is 0.954. The Labute approximate surface area is 82.4 Å². The predicted octanol–water partition coefficient (Wildman–Crippen LogP) is 3.23. The molecule has 0 aliphatic heterocycles. The van der Waals surface area contributed by atoms with Crippen molar-refractivity contribution in [2.75, 3.05) is 0 Å². The van der Waals surface area contributed by atoms with Crippen LogP contribution < -0.4 is 0 Å². The molecule has 0 atom stereocenters. The standard InChI is InChI=1S/C8H6N2S.C2H6/c1-2-4-7(5-3-1)8-6-11-10-9-8;1-2/h1-6H;1-2H3. The van der Waals surface area contributed by atoms with Crippen LogP contribution in [0, 0.1) is 0 Å². The number of rotatable bonds is 1. The monoisotopic (exact) mass is 192 g/mol. The highest BCUT2D eigenvalue weighted by Crippen LogP contribution is 2.15. The molecule has 1 aromatic heterocycles. The third-order valence-electron chi connectivity index (χ3n) is 1.43. The second-order valence-corrected chi connectivity index (χ2v) is 2.77. The van der Waals surface area contributed by atoms with Gasteiger partial charge in [0, 0.05) is 10.9 Å². The summed E-state index contributed by atoms with van der Waals surface area (Å²) >= 11 is 1.37. The first-order chi connectivity index (χ1) is 6.47. The quantitative estimate of drug-likeness (QED) is 0.693. The molecule has 0 bridgehead atoms. The van der Waals surface area contributed by atoms with E-state index in [-0.39, 0.29) is 0 Å². The molecule has 0 amide bonds. The van der Waals surface area contributed by atoms with E-state index in [1.807, 2.05) is 49.6 Å². The lowest BCUT2D eigenvalue weighted by Gasteiger charge is -1.90. The Morgan fingerprint density at radius 1 is 1.08 bits per heavy atom. The molecule has 0 aliphatic rings. The highest BCUT2D eigenvalue weighted by Gasteiger charge is 1.96. The van der Waals surface area contributed by atoms with E-state index in [1.54, 1.807) is 0 Å². The lowest BCUT2D eigenvalue weighted by Crippen LogP contribution is -1.75. The number of hydrogen-bond donors (Lipinski definition) is 0. The van der Waals surface area contributed by atoms with E-state index in [0.29, 0.717) is 0 Å². The molecule has 0 N–H and O–H groups in total. The van der Waals surface area contributed by atoms with Crippen LogP contribution in [-0.4, -0.2) is 9.59 Å². The number of nitrogens with zero attached hydrogens (tertiary/aromatic N) is 2. The molecule has 1 heterocycles. The summed E-state index contributed by atoms with van der Waals surface area (Å²) in [5, 5.41) is 5.89. The fourth-order valence-corrected chi connectivity index (χ4v) is 1.36. The average Bonchev–Trinajstić information content (AvgIpc) is 2.75. The van der Waals surface area contributed by atoms with Gasteiger partial charge < -0.3 is 0 Å². The molecule has 0 saturated carbocycles. The Kier molecular flexibility index (Phi) is 4.12. The zero-order valence-corrected chi connectivity index (χ0v) is 8.58. The smallest absolute Gasteiger partial charge is 0.105 e. The maximum Gasteiger partial charge on any atom is 0.105 e. The largest absolute Gasteiger partial charge is 0.138 e. The first-order valence-electron chi connectivity index (χ1n) is 4.29. The summed E-state index contributed by atoms with van der Waals surface area (Å²) in [6.45, 7) is 4.00. The maximum absolute atomic E-state index is 3.96. The predicted molar refractivity (Wildman–Crippen MR) is 56.7 cm³/mol. The second-order valence-electron chi connectivity index (χ2n) is 2.16. The Balaban J connectivity index is 0.000000396. The molecule has 0 fully saturated rings. The summed E-state index contributed by atoms with van der Waals surface area (Å²) < 4.78 is 3.79. The van der Waals surface area contributed by atoms with Crippen molar-refractivity contribution in [2.24, 2.45) is 0 Å². The van der Waals surface area contributed by atoms with E-state index in [9.17, 15) is 0 Å². The first kappa shape index (κ1) is 9.86. The number of benzene rings is 1. The summed E-state index contributed by atoms with van der Waals surface area (Å²) in [6, 6.07) is 10.0. The molecule has 0 unspecified atom stereocenters. The van der Waals surface area contributed by atoms with Crippen molar-refractivity contribution in [3.05, 3.63) is 35.7 Å². The molecular weight excluding hydrogens is 180 g/mol. The Hall–Kier alpha value is -1.22. The summed E-state index contributed by atoms with van der Waals surface area (Å²) in [5.74, 6) is 0. The lowest BCUT2D eigenvalue weighted by atomic mass is 10.2. The summed E-state index contributed by atoms with van der Waals surface area (Å²) in [4.78, 5) is 0. The molecule has 0 spiro atoms. The van der Waals surface area contributed by atoms with E-state index in [1.165, 1.54) is 11.5 Å². The van der Waals surface area contributed by atoms with Gasteiger partial charge in [0.25, 0.3) is 0 Å². The van der Waals surface area contributed by atoms with E-state index in [0.717, 1.165) is 11.3 Å². The van der Waals surface area contributed by atoms with Crippen molar-refractivity contribution in [3.63, 3.8) is 0 Å². The molecule has 2 nitrogen and oxygen atoms in total. The fourth-order valence-electron chi connectivity index (χ4n) is 0.899. The highest BCUT2D eigenvalue weighted by atomic mass is 32.1. The molecule has 1 aromatic carbocycles. The zero-order valence-electron chi connectivity index (χ0n) is 7.77. The molecule has 3 heteroatoms. The van der Waals surface area contributed by atoms with Gasteiger partial charge in [0.05, 0.1) is 0 Å². The molecule has 2 aromatic rings. The van der Waals surface area contributed by atoms with Gasteiger partial charge in [0.15, 0.2) is 0 Å². The van der Waals surface area contributed by atoms with Crippen LogP contribution in [0.4, 0.5) is 0 Å².